The van der Waals surface area contributed by atoms with Gasteiger partial charge in [-0.25, -0.2) is 4.39 Å². The maximum Gasteiger partial charge on any atom is 0.416 e. The van der Waals surface area contributed by atoms with Gasteiger partial charge in [0.2, 0.25) is 0 Å². The number of rotatable bonds is 1. The molecule has 0 N–H and O–H groups in total. The summed E-state index contributed by atoms with van der Waals surface area (Å²) >= 11 is 0. The number of halogens is 4. The van der Waals surface area contributed by atoms with Gasteiger partial charge in [-0.2, -0.15) is 13.2 Å². The first-order valence-electron chi connectivity index (χ1n) is 3.60. The Hall–Kier alpha value is -1.06. The molecule has 0 aromatic heterocycles. The second-order valence-corrected chi connectivity index (χ2v) is 2.55. The summed E-state index contributed by atoms with van der Waals surface area (Å²) in [5, 5.41) is 0. The Morgan fingerprint density at radius 3 is 2.23 bits per heavy atom. The van der Waals surface area contributed by atoms with Crippen molar-refractivity contribution in [2.24, 2.45) is 0 Å². The van der Waals surface area contributed by atoms with Gasteiger partial charge in [0.1, 0.15) is 5.82 Å². The van der Waals surface area contributed by atoms with Crippen LogP contribution in [0.2, 0.25) is 0 Å². The standard InChI is InChI=1S/C9H7F4/c1-2-6-3-4-7(5-8(6)10)9(11,12)13/h3-5H,1-2H2. The van der Waals surface area contributed by atoms with Crippen molar-refractivity contribution in [3.05, 3.63) is 42.1 Å². The summed E-state index contributed by atoms with van der Waals surface area (Å²) in [5.41, 5.74) is -0.782. The third-order valence-electron chi connectivity index (χ3n) is 1.65. The molecule has 71 valence electrons. The molecule has 0 nitrogen and oxygen atoms in total. The molecule has 1 rings (SSSR count). The van der Waals surface area contributed by atoms with Crippen LogP contribution in [-0.4, -0.2) is 0 Å². The van der Waals surface area contributed by atoms with E-state index in [1.807, 2.05) is 0 Å². The molecule has 0 aliphatic carbocycles. The fourth-order valence-corrected chi connectivity index (χ4v) is 0.926. The minimum absolute atomic E-state index is 0.143. The van der Waals surface area contributed by atoms with Gasteiger partial charge in [0.15, 0.2) is 0 Å². The van der Waals surface area contributed by atoms with E-state index in [0.29, 0.717) is 6.07 Å². The zero-order valence-electron chi connectivity index (χ0n) is 6.66. The smallest absolute Gasteiger partial charge is 0.207 e. The molecule has 0 saturated carbocycles. The molecule has 1 radical (unpaired) electrons. The van der Waals surface area contributed by atoms with Crippen LogP contribution in [0, 0.1) is 12.7 Å². The summed E-state index contributed by atoms with van der Waals surface area (Å²) in [7, 11) is 0. The van der Waals surface area contributed by atoms with Gasteiger partial charge in [0, 0.05) is 0 Å². The molecule has 0 aliphatic rings. The molecule has 1 aromatic carbocycles. The van der Waals surface area contributed by atoms with E-state index in [1.54, 1.807) is 0 Å². The van der Waals surface area contributed by atoms with Crippen LogP contribution in [0.25, 0.3) is 0 Å². The van der Waals surface area contributed by atoms with Crippen LogP contribution in [0.3, 0.4) is 0 Å². The average molecular weight is 191 g/mol. The van der Waals surface area contributed by atoms with Gasteiger partial charge in [0.25, 0.3) is 0 Å². The van der Waals surface area contributed by atoms with E-state index in [2.05, 4.69) is 6.92 Å². The van der Waals surface area contributed by atoms with E-state index in [9.17, 15) is 17.6 Å². The highest BCUT2D eigenvalue weighted by atomic mass is 19.4. The van der Waals surface area contributed by atoms with Crippen molar-refractivity contribution < 1.29 is 17.6 Å². The van der Waals surface area contributed by atoms with Gasteiger partial charge in [-0.3, -0.25) is 0 Å². The molecule has 0 fully saturated rings. The van der Waals surface area contributed by atoms with Gasteiger partial charge in [-0.1, -0.05) is 6.07 Å². The van der Waals surface area contributed by atoms with Crippen LogP contribution in [-0.2, 0) is 12.6 Å². The van der Waals surface area contributed by atoms with E-state index in [4.69, 9.17) is 0 Å². The lowest BCUT2D eigenvalue weighted by Crippen LogP contribution is -2.05. The maximum absolute atomic E-state index is 12.8. The zero-order chi connectivity index (χ0) is 10.1. The summed E-state index contributed by atoms with van der Waals surface area (Å²) in [6.45, 7) is 3.39. The van der Waals surface area contributed by atoms with E-state index in [1.165, 1.54) is 0 Å². The topological polar surface area (TPSA) is 0 Å². The van der Waals surface area contributed by atoms with Crippen molar-refractivity contribution in [2.45, 2.75) is 12.6 Å². The molecule has 13 heavy (non-hydrogen) atoms. The normalized spacial score (nSPS) is 11.8. The highest BCUT2D eigenvalue weighted by Crippen LogP contribution is 2.30. The summed E-state index contributed by atoms with van der Waals surface area (Å²) in [5.74, 6) is -0.857. The Labute approximate surface area is 73.2 Å². The monoisotopic (exact) mass is 191 g/mol. The molecular weight excluding hydrogens is 184 g/mol. The van der Waals surface area contributed by atoms with Crippen LogP contribution >= 0.6 is 0 Å². The number of hydrogen-bond donors (Lipinski definition) is 0. The summed E-state index contributed by atoms with van der Waals surface area (Å²) in [6, 6.07) is 2.44. The molecule has 0 bridgehead atoms. The highest BCUT2D eigenvalue weighted by molar-refractivity contribution is 5.26. The van der Waals surface area contributed by atoms with E-state index < -0.39 is 17.6 Å². The van der Waals surface area contributed by atoms with Crippen molar-refractivity contribution in [1.29, 1.82) is 0 Å². The Morgan fingerprint density at radius 1 is 1.23 bits per heavy atom. The summed E-state index contributed by atoms with van der Waals surface area (Å²) in [6.07, 6.45) is -4.34. The van der Waals surface area contributed by atoms with Crippen LogP contribution < -0.4 is 0 Å². The zero-order valence-corrected chi connectivity index (χ0v) is 6.66. The lowest BCUT2D eigenvalue weighted by Gasteiger charge is -2.07. The number of benzene rings is 1. The fourth-order valence-electron chi connectivity index (χ4n) is 0.926. The van der Waals surface area contributed by atoms with E-state index in [-0.39, 0.29) is 12.0 Å². The molecule has 4 heteroatoms. The minimum atomic E-state index is -4.49. The van der Waals surface area contributed by atoms with Gasteiger partial charge >= 0.3 is 6.18 Å². The molecule has 0 spiro atoms. The molecule has 1 aromatic rings. The van der Waals surface area contributed by atoms with Crippen LogP contribution in [0.1, 0.15) is 11.1 Å². The molecule has 0 aliphatic heterocycles. The first kappa shape index (κ1) is 10.0. The van der Waals surface area contributed by atoms with Gasteiger partial charge in [-0.05, 0) is 31.0 Å². The Morgan fingerprint density at radius 2 is 1.85 bits per heavy atom. The second kappa shape index (κ2) is 3.36. The van der Waals surface area contributed by atoms with E-state index >= 15 is 0 Å². The highest BCUT2D eigenvalue weighted by Gasteiger charge is 2.30. The molecular formula is C9H7F4. The number of alkyl halides is 3. The minimum Gasteiger partial charge on any atom is -0.207 e. The van der Waals surface area contributed by atoms with Crippen LogP contribution in [0.15, 0.2) is 18.2 Å². The number of hydrogen-bond acceptors (Lipinski definition) is 0. The third kappa shape index (κ3) is 2.20. The van der Waals surface area contributed by atoms with Crippen LogP contribution in [0.4, 0.5) is 17.6 Å². The first-order chi connectivity index (χ1) is 5.95. The second-order valence-electron chi connectivity index (χ2n) is 2.55. The Bertz CT molecular complexity index is 301. The lowest BCUT2D eigenvalue weighted by atomic mass is 10.1. The van der Waals surface area contributed by atoms with Crippen molar-refractivity contribution >= 4 is 0 Å². The molecule has 0 heterocycles. The quantitative estimate of drug-likeness (QED) is 0.598. The predicted molar refractivity (Wildman–Crippen MR) is 40.5 cm³/mol. The molecule has 0 amide bonds. The summed E-state index contributed by atoms with van der Waals surface area (Å²) < 4.78 is 48.9. The largest absolute Gasteiger partial charge is 0.416 e. The molecule has 0 atom stereocenters. The van der Waals surface area contributed by atoms with E-state index in [0.717, 1.165) is 12.1 Å². The lowest BCUT2D eigenvalue weighted by molar-refractivity contribution is -0.137. The van der Waals surface area contributed by atoms with Crippen LogP contribution in [0.5, 0.6) is 0 Å². The molecule has 0 saturated heterocycles. The average Bonchev–Trinajstić information content (AvgIpc) is 2.02. The predicted octanol–water partition coefficient (Wildman–Crippen LogP) is 3.22. The summed E-state index contributed by atoms with van der Waals surface area (Å²) in [4.78, 5) is 0. The first-order valence-corrected chi connectivity index (χ1v) is 3.60. The van der Waals surface area contributed by atoms with Gasteiger partial charge in [0.05, 0.1) is 5.56 Å². The third-order valence-corrected chi connectivity index (χ3v) is 1.65. The van der Waals surface area contributed by atoms with Crippen molar-refractivity contribution in [3.63, 3.8) is 0 Å². The SMILES string of the molecule is [CH2]Cc1ccc(C(F)(F)F)cc1F. The van der Waals surface area contributed by atoms with Gasteiger partial charge < -0.3 is 0 Å². The Kier molecular flexibility index (Phi) is 2.59. The Balaban J connectivity index is 3.10. The van der Waals surface area contributed by atoms with Crippen molar-refractivity contribution in [1.82, 2.24) is 0 Å². The van der Waals surface area contributed by atoms with Crippen molar-refractivity contribution in [3.8, 4) is 0 Å². The maximum atomic E-state index is 12.8. The van der Waals surface area contributed by atoms with Gasteiger partial charge in [-0.15, -0.1) is 0 Å². The molecule has 0 unspecified atom stereocenters. The van der Waals surface area contributed by atoms with Crippen molar-refractivity contribution in [2.75, 3.05) is 0 Å². The fraction of sp³-hybridized carbons (Fsp3) is 0.222.